The van der Waals surface area contributed by atoms with Gasteiger partial charge in [-0.2, -0.15) is 0 Å². The minimum atomic E-state index is -1.52. The Labute approximate surface area is 179 Å². The first kappa shape index (κ1) is 20.8. The highest BCUT2D eigenvalue weighted by molar-refractivity contribution is 5.94. The number of nitrogens with zero attached hydrogens (tertiary/aromatic N) is 1. The van der Waals surface area contributed by atoms with Crippen molar-refractivity contribution in [1.82, 2.24) is 4.90 Å². The van der Waals surface area contributed by atoms with Gasteiger partial charge in [-0.05, 0) is 11.1 Å². The lowest BCUT2D eigenvalue weighted by Gasteiger charge is -2.43. The molecule has 1 N–H and O–H groups in total. The van der Waals surface area contributed by atoms with Crippen LogP contribution in [0.3, 0.4) is 0 Å². The monoisotopic (exact) mass is 421 g/mol. The lowest BCUT2D eigenvalue weighted by molar-refractivity contribution is -0.174. The molecule has 0 radical (unpaired) electrons. The highest BCUT2D eigenvalue weighted by Gasteiger charge is 2.66. The van der Waals surface area contributed by atoms with Gasteiger partial charge in [0.05, 0.1) is 12.8 Å². The molecule has 0 saturated carbocycles. The van der Waals surface area contributed by atoms with E-state index in [1.165, 1.54) is 4.90 Å². The Bertz CT molecular complexity index is 990. The second-order valence-electron chi connectivity index (χ2n) is 7.65. The van der Waals surface area contributed by atoms with Crippen LogP contribution in [0.15, 0.2) is 66.7 Å². The maximum absolute atomic E-state index is 13.4. The number of aliphatic carboxylic acids is 1. The summed E-state index contributed by atoms with van der Waals surface area (Å²) >= 11 is 0. The molecule has 2 aliphatic rings. The summed E-state index contributed by atoms with van der Waals surface area (Å²) in [6.45, 7) is 0.0241. The molecule has 2 aromatic rings. The highest BCUT2D eigenvalue weighted by atomic mass is 16.6. The third-order valence-corrected chi connectivity index (χ3v) is 5.65. The van der Waals surface area contributed by atoms with E-state index in [0.29, 0.717) is 0 Å². The Morgan fingerprint density at radius 3 is 2.45 bits per heavy atom. The predicted octanol–water partition coefficient (Wildman–Crippen LogP) is 3.00. The van der Waals surface area contributed by atoms with Gasteiger partial charge >= 0.3 is 11.9 Å². The van der Waals surface area contributed by atoms with E-state index in [1.54, 1.807) is 6.08 Å². The van der Waals surface area contributed by atoms with Gasteiger partial charge in [0.15, 0.2) is 5.54 Å². The average molecular weight is 421 g/mol. The van der Waals surface area contributed by atoms with Crippen LogP contribution >= 0.6 is 0 Å². The number of carbonyl (C=O) groups is 3. The number of carbonyl (C=O) groups excluding carboxylic acids is 2. The van der Waals surface area contributed by atoms with Gasteiger partial charge in [0, 0.05) is 6.42 Å². The molecule has 4 rings (SSSR count). The molecule has 7 heteroatoms. The molecule has 2 unspecified atom stereocenters. The average Bonchev–Trinajstić information content (AvgIpc) is 3.01. The number of amides is 1. The lowest BCUT2D eigenvalue weighted by Crippen LogP contribution is -2.65. The van der Waals surface area contributed by atoms with E-state index in [9.17, 15) is 19.5 Å². The third-order valence-electron chi connectivity index (χ3n) is 5.65. The molecule has 0 aromatic heterocycles. The van der Waals surface area contributed by atoms with Gasteiger partial charge in [-0.15, -0.1) is 0 Å². The number of rotatable bonds is 8. The highest BCUT2D eigenvalue weighted by Crippen LogP contribution is 2.46. The number of benzene rings is 2. The summed E-state index contributed by atoms with van der Waals surface area (Å²) in [5, 5.41) is 9.40. The van der Waals surface area contributed by atoms with Crippen molar-refractivity contribution in [3.05, 3.63) is 77.9 Å². The molecule has 7 nitrogen and oxygen atoms in total. The molecule has 0 aliphatic carbocycles. The Balaban J connectivity index is 1.63. The van der Waals surface area contributed by atoms with Crippen molar-refractivity contribution in [1.29, 1.82) is 0 Å². The van der Waals surface area contributed by atoms with Gasteiger partial charge in [0.25, 0.3) is 0 Å². The van der Waals surface area contributed by atoms with E-state index in [0.717, 1.165) is 11.1 Å². The summed E-state index contributed by atoms with van der Waals surface area (Å²) in [6.07, 6.45) is 1.82. The van der Waals surface area contributed by atoms with Crippen molar-refractivity contribution in [2.75, 3.05) is 0 Å². The van der Waals surface area contributed by atoms with Crippen LogP contribution in [0.2, 0.25) is 0 Å². The second kappa shape index (κ2) is 8.73. The van der Waals surface area contributed by atoms with Gasteiger partial charge in [0.2, 0.25) is 5.91 Å². The number of fused-ring (bicyclic) bond motifs is 1. The van der Waals surface area contributed by atoms with Gasteiger partial charge in [-0.1, -0.05) is 72.8 Å². The van der Waals surface area contributed by atoms with E-state index in [-0.39, 0.29) is 25.4 Å². The molecule has 2 heterocycles. The van der Waals surface area contributed by atoms with E-state index >= 15 is 0 Å². The molecule has 3 atom stereocenters. The number of hydrogen-bond acceptors (Lipinski definition) is 5. The van der Waals surface area contributed by atoms with Crippen LogP contribution in [0.5, 0.6) is 0 Å². The maximum Gasteiger partial charge on any atom is 0.335 e. The third kappa shape index (κ3) is 4.09. The van der Waals surface area contributed by atoms with E-state index < -0.39 is 36.2 Å². The van der Waals surface area contributed by atoms with Crippen molar-refractivity contribution in [2.45, 2.75) is 43.7 Å². The molecule has 160 valence electrons. The molecule has 0 bridgehead atoms. The Kier molecular flexibility index (Phi) is 5.86. The topological polar surface area (TPSA) is 93.1 Å². The summed E-state index contributed by atoms with van der Waals surface area (Å²) < 4.78 is 11.4. The zero-order valence-electron chi connectivity index (χ0n) is 16.8. The number of esters is 1. The molecule has 2 saturated heterocycles. The first-order valence-corrected chi connectivity index (χ1v) is 10.1. The van der Waals surface area contributed by atoms with Crippen LogP contribution < -0.4 is 0 Å². The molecular weight excluding hydrogens is 398 g/mol. The molecule has 1 amide bonds. The smallest absolute Gasteiger partial charge is 0.335 e. The van der Waals surface area contributed by atoms with Gasteiger partial charge < -0.3 is 14.6 Å². The van der Waals surface area contributed by atoms with Crippen LogP contribution in [-0.4, -0.2) is 45.7 Å². The second-order valence-corrected chi connectivity index (χ2v) is 7.65. The summed E-state index contributed by atoms with van der Waals surface area (Å²) in [5.41, 5.74) is 0.208. The lowest BCUT2D eigenvalue weighted by atomic mass is 9.83. The fraction of sp³-hybridized carbons (Fsp3) is 0.292. The van der Waals surface area contributed by atoms with Crippen LogP contribution in [-0.2, 0) is 30.5 Å². The SMILES string of the molecule is O=C(O)CC1O[C@@H]2CC(=O)N2C1(C/C=C/c1ccccc1)C(=O)OCc1ccccc1. The van der Waals surface area contributed by atoms with Crippen LogP contribution in [0.1, 0.15) is 30.4 Å². The van der Waals surface area contributed by atoms with Gasteiger partial charge in [0.1, 0.15) is 18.9 Å². The minimum Gasteiger partial charge on any atom is -0.481 e. The maximum atomic E-state index is 13.4. The molecule has 31 heavy (non-hydrogen) atoms. The van der Waals surface area contributed by atoms with Crippen molar-refractivity contribution < 1.29 is 29.0 Å². The van der Waals surface area contributed by atoms with E-state index in [1.807, 2.05) is 66.7 Å². The van der Waals surface area contributed by atoms with Crippen LogP contribution in [0, 0.1) is 0 Å². The number of carboxylic acids is 1. The standard InChI is InChI=1S/C24H23NO6/c26-20-15-21-25(20)24(19(31-21)14-22(27)28,13-7-12-17-8-3-1-4-9-17)23(29)30-16-18-10-5-2-6-11-18/h1-12,19,21H,13-16H2,(H,27,28)/b12-7+/t19?,21-,24?/m1/s1. The minimum absolute atomic E-state index is 0.0241. The van der Waals surface area contributed by atoms with Crippen LogP contribution in [0.25, 0.3) is 6.08 Å². The predicted molar refractivity (Wildman–Crippen MR) is 111 cm³/mol. The summed E-state index contributed by atoms with van der Waals surface area (Å²) in [4.78, 5) is 38.7. The number of hydrogen-bond donors (Lipinski definition) is 1. The molecule has 2 fully saturated rings. The van der Waals surface area contributed by atoms with Gasteiger partial charge in [-0.25, -0.2) is 4.79 Å². The molecule has 2 aromatic carbocycles. The summed E-state index contributed by atoms with van der Waals surface area (Å²) in [6, 6.07) is 18.7. The largest absolute Gasteiger partial charge is 0.481 e. The molecular formula is C24H23NO6. The zero-order valence-corrected chi connectivity index (χ0v) is 16.8. The Morgan fingerprint density at radius 1 is 1.13 bits per heavy atom. The molecule has 0 spiro atoms. The fourth-order valence-electron chi connectivity index (χ4n) is 4.14. The first-order chi connectivity index (χ1) is 15.0. The number of ether oxygens (including phenoxy) is 2. The van der Waals surface area contributed by atoms with Crippen molar-refractivity contribution in [3.63, 3.8) is 0 Å². The molecule has 2 aliphatic heterocycles. The van der Waals surface area contributed by atoms with Crippen molar-refractivity contribution in [2.24, 2.45) is 0 Å². The number of carboxylic acid groups (broad SMARTS) is 1. The quantitative estimate of drug-likeness (QED) is 0.520. The fourth-order valence-corrected chi connectivity index (χ4v) is 4.14. The van der Waals surface area contributed by atoms with Crippen molar-refractivity contribution in [3.8, 4) is 0 Å². The van der Waals surface area contributed by atoms with Crippen molar-refractivity contribution >= 4 is 23.9 Å². The summed E-state index contributed by atoms with van der Waals surface area (Å²) in [7, 11) is 0. The normalized spacial score (nSPS) is 24.6. The van der Waals surface area contributed by atoms with E-state index in [4.69, 9.17) is 9.47 Å². The summed E-state index contributed by atoms with van der Waals surface area (Å²) in [5.74, 6) is -2.01. The Morgan fingerprint density at radius 2 is 1.81 bits per heavy atom. The first-order valence-electron chi connectivity index (χ1n) is 10.1. The number of β-lactam (4-membered cyclic amide) rings is 1. The Hall–Kier alpha value is -3.45. The van der Waals surface area contributed by atoms with E-state index in [2.05, 4.69) is 0 Å². The zero-order chi connectivity index (χ0) is 21.8. The van der Waals surface area contributed by atoms with Crippen LogP contribution in [0.4, 0.5) is 0 Å². The van der Waals surface area contributed by atoms with Gasteiger partial charge in [-0.3, -0.25) is 14.5 Å².